The maximum atomic E-state index is 3.35. The van der Waals surface area contributed by atoms with Gasteiger partial charge in [0.15, 0.2) is 0 Å². The molecule has 0 amide bonds. The lowest BCUT2D eigenvalue weighted by atomic mass is 9.92. The molecule has 0 saturated heterocycles. The van der Waals surface area contributed by atoms with Gasteiger partial charge in [0.2, 0.25) is 0 Å². The Hall–Kier alpha value is -0.440. The molecule has 0 fully saturated rings. The van der Waals surface area contributed by atoms with Gasteiger partial charge in [-0.1, -0.05) is 85.0 Å². The Balaban J connectivity index is 3.41. The van der Waals surface area contributed by atoms with Crippen LogP contribution in [0, 0.1) is 17.8 Å². The average Bonchev–Trinajstić information content (AvgIpc) is 2.47. The van der Waals surface area contributed by atoms with Crippen LogP contribution in [0.5, 0.6) is 0 Å². The van der Waals surface area contributed by atoms with Crippen molar-refractivity contribution >= 4 is 0 Å². The van der Waals surface area contributed by atoms with Gasteiger partial charge in [-0.05, 0) is 18.8 Å². The third-order valence-electron chi connectivity index (χ3n) is 4.24. The Labute approximate surface area is 129 Å². The Morgan fingerprint density at radius 1 is 0.600 bits per heavy atom. The summed E-state index contributed by atoms with van der Waals surface area (Å²) in [5.74, 6) is 7.64. The van der Waals surface area contributed by atoms with E-state index >= 15 is 0 Å². The summed E-state index contributed by atoms with van der Waals surface area (Å²) < 4.78 is 0. The lowest BCUT2D eigenvalue weighted by Crippen LogP contribution is -1.99. The molecule has 0 aromatic carbocycles. The average molecular weight is 279 g/mol. The first kappa shape index (κ1) is 19.6. The topological polar surface area (TPSA) is 0 Å². The molecule has 0 aliphatic carbocycles. The highest BCUT2D eigenvalue weighted by Crippen LogP contribution is 2.20. The lowest BCUT2D eigenvalue weighted by molar-refractivity contribution is 0.399. The zero-order valence-electron chi connectivity index (χ0n) is 14.5. The van der Waals surface area contributed by atoms with Gasteiger partial charge in [-0.2, -0.15) is 0 Å². The second kappa shape index (κ2) is 16.6. The first-order valence-electron chi connectivity index (χ1n) is 9.30. The first-order valence-corrected chi connectivity index (χ1v) is 9.30. The molecular formula is C20H38. The van der Waals surface area contributed by atoms with E-state index in [9.17, 15) is 0 Å². The second-order valence-electron chi connectivity index (χ2n) is 6.18. The van der Waals surface area contributed by atoms with Gasteiger partial charge in [0.05, 0.1) is 0 Å². The molecular weight excluding hydrogens is 240 g/mol. The minimum atomic E-state index is 0.976. The molecule has 0 aromatic heterocycles. The van der Waals surface area contributed by atoms with E-state index in [1.165, 1.54) is 77.0 Å². The SMILES string of the molecule is CCCCCC#CCCCCC(CC)CCCCCC. The van der Waals surface area contributed by atoms with Crippen molar-refractivity contribution in [2.75, 3.05) is 0 Å². The van der Waals surface area contributed by atoms with E-state index in [0.29, 0.717) is 0 Å². The molecule has 0 heterocycles. The molecule has 1 unspecified atom stereocenters. The van der Waals surface area contributed by atoms with E-state index < -0.39 is 0 Å². The minimum Gasteiger partial charge on any atom is -0.103 e. The van der Waals surface area contributed by atoms with E-state index in [1.807, 2.05) is 0 Å². The fourth-order valence-corrected chi connectivity index (χ4v) is 2.70. The van der Waals surface area contributed by atoms with Crippen LogP contribution in [0.3, 0.4) is 0 Å². The second-order valence-corrected chi connectivity index (χ2v) is 6.18. The van der Waals surface area contributed by atoms with E-state index in [1.54, 1.807) is 0 Å². The van der Waals surface area contributed by atoms with Crippen LogP contribution in [0.25, 0.3) is 0 Å². The van der Waals surface area contributed by atoms with Crippen molar-refractivity contribution in [2.45, 2.75) is 111 Å². The third kappa shape index (κ3) is 14.0. The van der Waals surface area contributed by atoms with Crippen LogP contribution in [0.4, 0.5) is 0 Å². The number of hydrogen-bond acceptors (Lipinski definition) is 0. The monoisotopic (exact) mass is 278 g/mol. The molecule has 0 heteroatoms. The largest absolute Gasteiger partial charge is 0.103 e. The summed E-state index contributed by atoms with van der Waals surface area (Å²) in [4.78, 5) is 0. The molecule has 118 valence electrons. The predicted molar refractivity (Wildman–Crippen MR) is 92.9 cm³/mol. The zero-order valence-corrected chi connectivity index (χ0v) is 14.5. The summed E-state index contributed by atoms with van der Waals surface area (Å²) in [6.07, 6.45) is 18.8. The molecule has 20 heavy (non-hydrogen) atoms. The summed E-state index contributed by atoms with van der Waals surface area (Å²) in [7, 11) is 0. The highest BCUT2D eigenvalue weighted by atomic mass is 14.1. The van der Waals surface area contributed by atoms with E-state index in [4.69, 9.17) is 0 Å². The van der Waals surface area contributed by atoms with Gasteiger partial charge in [0.25, 0.3) is 0 Å². The molecule has 0 aliphatic rings. The summed E-state index contributed by atoms with van der Waals surface area (Å²) in [5, 5.41) is 0. The Kier molecular flexibility index (Phi) is 16.2. The molecule has 0 spiro atoms. The van der Waals surface area contributed by atoms with Crippen LogP contribution < -0.4 is 0 Å². The van der Waals surface area contributed by atoms with Gasteiger partial charge in [-0.3, -0.25) is 0 Å². The third-order valence-corrected chi connectivity index (χ3v) is 4.24. The van der Waals surface area contributed by atoms with Gasteiger partial charge < -0.3 is 0 Å². The summed E-state index contributed by atoms with van der Waals surface area (Å²) >= 11 is 0. The fourth-order valence-electron chi connectivity index (χ4n) is 2.70. The van der Waals surface area contributed by atoms with Gasteiger partial charge >= 0.3 is 0 Å². The van der Waals surface area contributed by atoms with Crippen LogP contribution in [0.1, 0.15) is 111 Å². The van der Waals surface area contributed by atoms with Crippen molar-refractivity contribution in [2.24, 2.45) is 5.92 Å². The number of hydrogen-bond donors (Lipinski definition) is 0. The van der Waals surface area contributed by atoms with Crippen LogP contribution in [-0.2, 0) is 0 Å². The first-order chi connectivity index (χ1) is 9.85. The minimum absolute atomic E-state index is 0.976. The van der Waals surface area contributed by atoms with Crippen LogP contribution in [0.15, 0.2) is 0 Å². The van der Waals surface area contributed by atoms with Crippen molar-refractivity contribution in [1.29, 1.82) is 0 Å². The smallest absolute Gasteiger partial charge is 0.00886 e. The molecule has 0 aliphatic heterocycles. The molecule has 0 saturated carbocycles. The summed E-state index contributed by atoms with van der Waals surface area (Å²) in [6, 6.07) is 0. The Bertz CT molecular complexity index is 230. The number of rotatable bonds is 13. The Morgan fingerprint density at radius 3 is 1.65 bits per heavy atom. The van der Waals surface area contributed by atoms with Crippen molar-refractivity contribution in [3.05, 3.63) is 0 Å². The zero-order chi connectivity index (χ0) is 14.9. The van der Waals surface area contributed by atoms with Gasteiger partial charge in [0, 0.05) is 12.8 Å². The molecule has 0 nitrogen and oxygen atoms in total. The molecule has 0 bridgehead atoms. The van der Waals surface area contributed by atoms with E-state index in [-0.39, 0.29) is 0 Å². The van der Waals surface area contributed by atoms with Crippen LogP contribution >= 0.6 is 0 Å². The van der Waals surface area contributed by atoms with Crippen molar-refractivity contribution < 1.29 is 0 Å². The summed E-state index contributed by atoms with van der Waals surface area (Å²) in [5.41, 5.74) is 0. The van der Waals surface area contributed by atoms with E-state index in [0.717, 1.165) is 18.8 Å². The summed E-state index contributed by atoms with van der Waals surface area (Å²) in [6.45, 7) is 6.90. The predicted octanol–water partition coefficient (Wildman–Crippen LogP) is 7.13. The molecule has 0 N–H and O–H groups in total. The molecule has 0 rings (SSSR count). The van der Waals surface area contributed by atoms with Gasteiger partial charge in [-0.25, -0.2) is 0 Å². The molecule has 0 aromatic rings. The molecule has 0 radical (unpaired) electrons. The quantitative estimate of drug-likeness (QED) is 0.248. The van der Waals surface area contributed by atoms with Crippen molar-refractivity contribution in [3.63, 3.8) is 0 Å². The van der Waals surface area contributed by atoms with Crippen molar-refractivity contribution in [1.82, 2.24) is 0 Å². The van der Waals surface area contributed by atoms with Crippen molar-refractivity contribution in [3.8, 4) is 11.8 Å². The highest BCUT2D eigenvalue weighted by molar-refractivity contribution is 4.98. The number of unbranched alkanes of at least 4 members (excludes halogenated alkanes) is 8. The maximum absolute atomic E-state index is 3.35. The fraction of sp³-hybridized carbons (Fsp3) is 0.900. The molecule has 1 atom stereocenters. The Morgan fingerprint density at radius 2 is 1.10 bits per heavy atom. The van der Waals surface area contributed by atoms with Crippen LogP contribution in [0.2, 0.25) is 0 Å². The van der Waals surface area contributed by atoms with E-state index in [2.05, 4.69) is 32.6 Å². The maximum Gasteiger partial charge on any atom is 0.00886 e. The van der Waals surface area contributed by atoms with Crippen LogP contribution in [-0.4, -0.2) is 0 Å². The lowest BCUT2D eigenvalue weighted by Gasteiger charge is -2.13. The standard InChI is InChI=1S/C20H38/c1-4-7-9-11-12-13-14-15-17-19-20(6-3)18-16-10-8-5-2/h20H,4-11,14-19H2,1-3H3. The van der Waals surface area contributed by atoms with Gasteiger partial charge in [-0.15, -0.1) is 11.8 Å². The van der Waals surface area contributed by atoms with Gasteiger partial charge in [0.1, 0.15) is 0 Å². The normalized spacial score (nSPS) is 11.9. The highest BCUT2D eigenvalue weighted by Gasteiger charge is 2.05.